The van der Waals surface area contributed by atoms with Crippen LogP contribution in [0.25, 0.3) is 0 Å². The van der Waals surface area contributed by atoms with E-state index in [0.717, 1.165) is 65.1 Å². The highest BCUT2D eigenvalue weighted by molar-refractivity contribution is 5.78. The molecule has 0 radical (unpaired) electrons. The Bertz CT molecular complexity index is 481. The summed E-state index contributed by atoms with van der Waals surface area (Å²) in [7, 11) is 2.16. The molecule has 6 nitrogen and oxygen atoms in total. The Balaban J connectivity index is 1.41. The molecule has 0 bridgehead atoms. The molecule has 6 heteroatoms. The van der Waals surface area contributed by atoms with E-state index >= 15 is 0 Å². The molecule has 2 aliphatic rings. The fraction of sp³-hybridized carbons (Fsp3) is 0.765. The molecule has 3 rings (SSSR count). The molecule has 0 spiro atoms. The average Bonchev–Trinajstić information content (AvgIpc) is 2.97. The molecule has 3 heterocycles. The van der Waals surface area contributed by atoms with Gasteiger partial charge in [0.1, 0.15) is 0 Å². The van der Waals surface area contributed by atoms with E-state index in [1.807, 2.05) is 18.7 Å². The number of carbonyl (C=O) groups is 1. The number of imidazole rings is 1. The number of likely N-dealkylation sites (N-methyl/N-ethyl adjacent to an activating group) is 1. The third-order valence-electron chi connectivity index (χ3n) is 5.17. The molecule has 0 N–H and O–H groups in total. The summed E-state index contributed by atoms with van der Waals surface area (Å²) in [6, 6.07) is 0. The van der Waals surface area contributed by atoms with Crippen molar-refractivity contribution in [2.45, 2.75) is 25.8 Å². The van der Waals surface area contributed by atoms with Gasteiger partial charge in [0.15, 0.2) is 0 Å². The van der Waals surface area contributed by atoms with E-state index in [1.54, 1.807) is 0 Å². The van der Waals surface area contributed by atoms with Crippen LogP contribution in [0.1, 0.15) is 19.3 Å². The zero-order chi connectivity index (χ0) is 16.1. The number of amides is 1. The highest BCUT2D eigenvalue weighted by Crippen LogP contribution is 2.19. The summed E-state index contributed by atoms with van der Waals surface area (Å²) >= 11 is 0. The number of hydrogen-bond acceptors (Lipinski definition) is 4. The second-order valence-corrected chi connectivity index (χ2v) is 7.02. The van der Waals surface area contributed by atoms with Crippen LogP contribution in [0.2, 0.25) is 0 Å². The first-order chi connectivity index (χ1) is 11.2. The number of likely N-dealkylation sites (tertiary alicyclic amines) is 1. The average molecular weight is 319 g/mol. The quantitative estimate of drug-likeness (QED) is 0.822. The number of carbonyl (C=O) groups excluding carboxylic acids is 1. The van der Waals surface area contributed by atoms with Gasteiger partial charge in [-0.05, 0) is 45.3 Å². The van der Waals surface area contributed by atoms with E-state index in [2.05, 4.69) is 31.3 Å². The summed E-state index contributed by atoms with van der Waals surface area (Å²) in [6.45, 7) is 7.72. The van der Waals surface area contributed by atoms with Crippen LogP contribution in [0, 0.1) is 5.92 Å². The third-order valence-corrected chi connectivity index (χ3v) is 5.17. The van der Waals surface area contributed by atoms with E-state index in [4.69, 9.17) is 0 Å². The Morgan fingerprint density at radius 2 is 1.96 bits per heavy atom. The molecule has 2 aliphatic heterocycles. The van der Waals surface area contributed by atoms with Crippen LogP contribution in [-0.4, -0.2) is 83.0 Å². The first kappa shape index (κ1) is 16.5. The molecule has 0 aliphatic carbocycles. The molecule has 0 unspecified atom stereocenters. The van der Waals surface area contributed by atoms with Crippen molar-refractivity contribution < 1.29 is 4.79 Å². The molecular formula is C17H29N5O. The zero-order valence-electron chi connectivity index (χ0n) is 14.2. The summed E-state index contributed by atoms with van der Waals surface area (Å²) < 4.78 is 2.15. The standard InChI is InChI=1S/C17H29N5O/c1-19-6-2-7-20(12-11-19)14-17(23)22-8-3-16(4-9-22)13-21-10-5-18-15-21/h5,10,15-16H,2-4,6-9,11-14H2,1H3. The van der Waals surface area contributed by atoms with Gasteiger partial charge < -0.3 is 14.4 Å². The number of hydrogen-bond donors (Lipinski definition) is 0. The van der Waals surface area contributed by atoms with E-state index in [-0.39, 0.29) is 0 Å². The maximum atomic E-state index is 12.5. The Labute approximate surface area is 139 Å². The van der Waals surface area contributed by atoms with Crippen molar-refractivity contribution in [2.24, 2.45) is 5.92 Å². The predicted octanol–water partition coefficient (Wildman–Crippen LogP) is 0.759. The molecule has 0 atom stereocenters. The lowest BCUT2D eigenvalue weighted by atomic mass is 9.96. The van der Waals surface area contributed by atoms with Crippen molar-refractivity contribution in [2.75, 3.05) is 52.9 Å². The molecule has 1 aromatic rings. The largest absolute Gasteiger partial charge is 0.342 e. The number of nitrogens with zero attached hydrogens (tertiary/aromatic N) is 5. The summed E-state index contributed by atoms with van der Waals surface area (Å²) in [5.41, 5.74) is 0. The van der Waals surface area contributed by atoms with Crippen molar-refractivity contribution in [3.63, 3.8) is 0 Å². The van der Waals surface area contributed by atoms with Crippen LogP contribution in [0.3, 0.4) is 0 Å². The Morgan fingerprint density at radius 1 is 1.13 bits per heavy atom. The lowest BCUT2D eigenvalue weighted by Gasteiger charge is -2.33. The SMILES string of the molecule is CN1CCCN(CC(=O)N2CCC(Cn3ccnc3)CC2)CC1. The Kier molecular flexibility index (Phi) is 5.67. The maximum absolute atomic E-state index is 12.5. The molecule has 2 saturated heterocycles. The van der Waals surface area contributed by atoms with E-state index in [1.165, 1.54) is 0 Å². The van der Waals surface area contributed by atoms with Gasteiger partial charge in [0.05, 0.1) is 12.9 Å². The van der Waals surface area contributed by atoms with Gasteiger partial charge in [-0.25, -0.2) is 4.98 Å². The fourth-order valence-electron chi connectivity index (χ4n) is 3.61. The van der Waals surface area contributed by atoms with Gasteiger partial charge >= 0.3 is 0 Å². The lowest BCUT2D eigenvalue weighted by molar-refractivity contribution is -0.133. The predicted molar refractivity (Wildman–Crippen MR) is 90.1 cm³/mol. The van der Waals surface area contributed by atoms with Crippen LogP contribution in [0.4, 0.5) is 0 Å². The normalized spacial score (nSPS) is 22.2. The number of rotatable bonds is 4. The van der Waals surface area contributed by atoms with Gasteiger partial charge in [0.25, 0.3) is 0 Å². The second-order valence-electron chi connectivity index (χ2n) is 7.02. The first-order valence-corrected chi connectivity index (χ1v) is 8.85. The molecule has 23 heavy (non-hydrogen) atoms. The summed E-state index contributed by atoms with van der Waals surface area (Å²) in [5, 5.41) is 0. The Morgan fingerprint density at radius 3 is 2.70 bits per heavy atom. The summed E-state index contributed by atoms with van der Waals surface area (Å²) in [4.78, 5) is 23.4. The smallest absolute Gasteiger partial charge is 0.236 e. The van der Waals surface area contributed by atoms with Crippen molar-refractivity contribution in [3.05, 3.63) is 18.7 Å². The van der Waals surface area contributed by atoms with Crippen LogP contribution in [0.5, 0.6) is 0 Å². The monoisotopic (exact) mass is 319 g/mol. The molecule has 128 valence electrons. The van der Waals surface area contributed by atoms with Gasteiger partial charge in [-0.2, -0.15) is 0 Å². The molecular weight excluding hydrogens is 290 g/mol. The third kappa shape index (κ3) is 4.78. The van der Waals surface area contributed by atoms with Crippen LogP contribution in [0.15, 0.2) is 18.7 Å². The van der Waals surface area contributed by atoms with E-state index in [0.29, 0.717) is 18.4 Å². The second kappa shape index (κ2) is 7.93. The minimum absolute atomic E-state index is 0.315. The van der Waals surface area contributed by atoms with Crippen LogP contribution >= 0.6 is 0 Å². The highest BCUT2D eigenvalue weighted by atomic mass is 16.2. The molecule has 0 aromatic carbocycles. The topological polar surface area (TPSA) is 44.6 Å². The highest BCUT2D eigenvalue weighted by Gasteiger charge is 2.24. The number of piperidine rings is 1. The minimum Gasteiger partial charge on any atom is -0.342 e. The zero-order valence-corrected chi connectivity index (χ0v) is 14.2. The first-order valence-electron chi connectivity index (χ1n) is 8.85. The molecule has 0 saturated carbocycles. The number of aromatic nitrogens is 2. The maximum Gasteiger partial charge on any atom is 0.236 e. The molecule has 1 amide bonds. The lowest BCUT2D eigenvalue weighted by Crippen LogP contribution is -2.45. The van der Waals surface area contributed by atoms with E-state index < -0.39 is 0 Å². The van der Waals surface area contributed by atoms with Crippen LogP contribution < -0.4 is 0 Å². The van der Waals surface area contributed by atoms with Crippen molar-refractivity contribution >= 4 is 5.91 Å². The van der Waals surface area contributed by atoms with Crippen molar-refractivity contribution in [1.82, 2.24) is 24.3 Å². The van der Waals surface area contributed by atoms with Gasteiger partial charge in [-0.15, -0.1) is 0 Å². The van der Waals surface area contributed by atoms with E-state index in [9.17, 15) is 4.79 Å². The van der Waals surface area contributed by atoms with Gasteiger partial charge in [-0.1, -0.05) is 0 Å². The van der Waals surface area contributed by atoms with Gasteiger partial charge in [0, 0.05) is 45.1 Å². The van der Waals surface area contributed by atoms with Crippen molar-refractivity contribution in [3.8, 4) is 0 Å². The Hall–Kier alpha value is -1.40. The summed E-state index contributed by atoms with van der Waals surface area (Å²) in [6.07, 6.45) is 9.11. The molecule has 1 aromatic heterocycles. The van der Waals surface area contributed by atoms with Crippen molar-refractivity contribution in [1.29, 1.82) is 0 Å². The van der Waals surface area contributed by atoms with Gasteiger partial charge in [-0.3, -0.25) is 9.69 Å². The van der Waals surface area contributed by atoms with Crippen LogP contribution in [-0.2, 0) is 11.3 Å². The minimum atomic E-state index is 0.315. The summed E-state index contributed by atoms with van der Waals surface area (Å²) in [5.74, 6) is 0.982. The fourth-order valence-corrected chi connectivity index (χ4v) is 3.61. The van der Waals surface area contributed by atoms with Gasteiger partial charge in [0.2, 0.25) is 5.91 Å². The molecule has 2 fully saturated rings.